The summed E-state index contributed by atoms with van der Waals surface area (Å²) in [5.74, 6) is -0.0333. The van der Waals surface area contributed by atoms with Crippen LogP contribution >= 0.6 is 0 Å². The van der Waals surface area contributed by atoms with Gasteiger partial charge in [0.25, 0.3) is 0 Å². The van der Waals surface area contributed by atoms with Crippen LogP contribution in [0.25, 0.3) is 0 Å². The van der Waals surface area contributed by atoms with Crippen LogP contribution in [0.2, 0.25) is 0 Å². The van der Waals surface area contributed by atoms with Crippen LogP contribution in [0.15, 0.2) is 12.1 Å². The van der Waals surface area contributed by atoms with E-state index in [9.17, 15) is 13.2 Å². The van der Waals surface area contributed by atoms with Gasteiger partial charge in [-0.25, -0.2) is 0 Å². The summed E-state index contributed by atoms with van der Waals surface area (Å²) in [5, 5.41) is 0. The molecule has 1 aromatic rings. The summed E-state index contributed by atoms with van der Waals surface area (Å²) in [6.45, 7) is 0.331. The summed E-state index contributed by atoms with van der Waals surface area (Å²) in [5.41, 5.74) is 5.53. The molecule has 0 radical (unpaired) electrons. The molecule has 1 aliphatic rings. The Labute approximate surface area is 96.3 Å². The fourth-order valence-electron chi connectivity index (χ4n) is 1.83. The molecule has 1 aliphatic heterocycles. The maximum Gasteiger partial charge on any atom is 0.420 e. The fourth-order valence-corrected chi connectivity index (χ4v) is 1.83. The molecule has 1 unspecified atom stereocenters. The normalized spacial score (nSPS) is 19.5. The first-order chi connectivity index (χ1) is 7.93. The maximum absolute atomic E-state index is 12.7. The fraction of sp³-hybridized carbons (Fsp3) is 0.455. The lowest BCUT2D eigenvalue weighted by molar-refractivity contribution is -0.138. The third-order valence-corrected chi connectivity index (χ3v) is 2.72. The van der Waals surface area contributed by atoms with E-state index in [1.54, 1.807) is 0 Å². The molecule has 0 fully saturated rings. The molecule has 2 N–H and O–H groups in total. The Morgan fingerprint density at radius 3 is 2.71 bits per heavy atom. The lowest BCUT2D eigenvalue weighted by atomic mass is 9.98. The Kier molecular flexibility index (Phi) is 2.91. The summed E-state index contributed by atoms with van der Waals surface area (Å²) in [6, 6.07) is 1.95. The van der Waals surface area contributed by atoms with E-state index in [1.165, 1.54) is 13.2 Å². The largest absolute Gasteiger partial charge is 0.496 e. The molecule has 6 heteroatoms. The average Bonchev–Trinajstić information content (AvgIpc) is 2.27. The molecule has 0 saturated heterocycles. The number of halogens is 3. The molecule has 0 aliphatic carbocycles. The van der Waals surface area contributed by atoms with Gasteiger partial charge in [-0.05, 0) is 12.1 Å². The van der Waals surface area contributed by atoms with Gasteiger partial charge in [-0.15, -0.1) is 0 Å². The molecule has 0 bridgehead atoms. The number of methoxy groups -OCH3 is 1. The molecule has 1 aromatic carbocycles. The second-order valence-electron chi connectivity index (χ2n) is 3.83. The van der Waals surface area contributed by atoms with Crippen molar-refractivity contribution in [3.05, 3.63) is 23.3 Å². The van der Waals surface area contributed by atoms with Crippen LogP contribution in [0.5, 0.6) is 11.5 Å². The number of nitrogens with two attached hydrogens (primary N) is 1. The van der Waals surface area contributed by atoms with Crippen LogP contribution in [0, 0.1) is 0 Å². The van der Waals surface area contributed by atoms with Crippen molar-refractivity contribution >= 4 is 0 Å². The molecule has 0 amide bonds. The van der Waals surface area contributed by atoms with E-state index in [-0.39, 0.29) is 17.5 Å². The number of hydrogen-bond donors (Lipinski definition) is 1. The van der Waals surface area contributed by atoms with Crippen molar-refractivity contribution in [3.63, 3.8) is 0 Å². The Morgan fingerprint density at radius 2 is 2.12 bits per heavy atom. The van der Waals surface area contributed by atoms with Gasteiger partial charge in [0.2, 0.25) is 0 Å². The molecule has 1 heterocycles. The average molecular weight is 247 g/mol. The van der Waals surface area contributed by atoms with E-state index in [0.29, 0.717) is 18.6 Å². The first-order valence-electron chi connectivity index (χ1n) is 5.11. The Hall–Kier alpha value is -1.43. The standard InChI is InChI=1S/C11H12F3NO2/c1-16-10-4-6-8(15)2-3-17-9(6)5-7(10)11(12,13)14/h4-5,8H,2-3,15H2,1H3. The Balaban J connectivity index is 2.56. The van der Waals surface area contributed by atoms with Gasteiger partial charge < -0.3 is 15.2 Å². The zero-order chi connectivity index (χ0) is 12.6. The quantitative estimate of drug-likeness (QED) is 0.829. The number of benzene rings is 1. The highest BCUT2D eigenvalue weighted by atomic mass is 19.4. The number of rotatable bonds is 1. The van der Waals surface area contributed by atoms with Gasteiger partial charge in [0.15, 0.2) is 0 Å². The smallest absolute Gasteiger partial charge is 0.420 e. The highest BCUT2D eigenvalue weighted by Gasteiger charge is 2.36. The number of ether oxygens (including phenoxy) is 2. The van der Waals surface area contributed by atoms with Gasteiger partial charge >= 0.3 is 6.18 Å². The SMILES string of the molecule is COc1cc2c(cc1C(F)(F)F)OCCC2N. The highest BCUT2D eigenvalue weighted by Crippen LogP contribution is 2.42. The summed E-state index contributed by atoms with van der Waals surface area (Å²) in [6.07, 6.45) is -3.88. The van der Waals surface area contributed by atoms with Crippen LogP contribution in [0.1, 0.15) is 23.6 Å². The minimum absolute atomic E-state index is 0.192. The summed E-state index contributed by atoms with van der Waals surface area (Å²) in [7, 11) is 1.20. The third kappa shape index (κ3) is 2.17. The summed E-state index contributed by atoms with van der Waals surface area (Å²) >= 11 is 0. The van der Waals surface area contributed by atoms with E-state index in [1.807, 2.05) is 0 Å². The van der Waals surface area contributed by atoms with Crippen molar-refractivity contribution in [2.24, 2.45) is 5.73 Å². The molecular weight excluding hydrogens is 235 g/mol. The monoisotopic (exact) mass is 247 g/mol. The molecule has 3 nitrogen and oxygen atoms in total. The predicted molar refractivity (Wildman–Crippen MR) is 55.0 cm³/mol. The first kappa shape index (κ1) is 12.0. The molecule has 1 atom stereocenters. The molecule has 0 aromatic heterocycles. The molecular formula is C11H12F3NO2. The molecule has 0 saturated carbocycles. The number of alkyl halides is 3. The lowest BCUT2D eigenvalue weighted by Gasteiger charge is -2.25. The Bertz CT molecular complexity index is 431. The zero-order valence-electron chi connectivity index (χ0n) is 9.17. The van der Waals surface area contributed by atoms with Crippen molar-refractivity contribution in [2.75, 3.05) is 13.7 Å². The second kappa shape index (κ2) is 4.10. The second-order valence-corrected chi connectivity index (χ2v) is 3.83. The van der Waals surface area contributed by atoms with E-state index in [2.05, 4.69) is 0 Å². The van der Waals surface area contributed by atoms with Crippen LogP contribution in [0.4, 0.5) is 13.2 Å². The van der Waals surface area contributed by atoms with Crippen molar-refractivity contribution in [3.8, 4) is 11.5 Å². The topological polar surface area (TPSA) is 44.5 Å². The van der Waals surface area contributed by atoms with Crippen LogP contribution in [-0.4, -0.2) is 13.7 Å². The highest BCUT2D eigenvalue weighted by molar-refractivity contribution is 5.49. The van der Waals surface area contributed by atoms with Crippen LogP contribution in [0.3, 0.4) is 0 Å². The first-order valence-corrected chi connectivity index (χ1v) is 5.11. The van der Waals surface area contributed by atoms with Gasteiger partial charge in [0.05, 0.1) is 13.7 Å². The van der Waals surface area contributed by atoms with Crippen molar-refractivity contribution in [1.82, 2.24) is 0 Å². The van der Waals surface area contributed by atoms with Crippen LogP contribution < -0.4 is 15.2 Å². The van der Waals surface area contributed by atoms with Gasteiger partial charge in [0, 0.05) is 18.0 Å². The minimum atomic E-state index is -4.47. The third-order valence-electron chi connectivity index (χ3n) is 2.72. The van der Waals surface area contributed by atoms with E-state index in [4.69, 9.17) is 15.2 Å². The van der Waals surface area contributed by atoms with Gasteiger partial charge in [-0.3, -0.25) is 0 Å². The number of hydrogen-bond acceptors (Lipinski definition) is 3. The van der Waals surface area contributed by atoms with Gasteiger partial charge in [-0.2, -0.15) is 13.2 Å². The van der Waals surface area contributed by atoms with Gasteiger partial charge in [-0.1, -0.05) is 0 Å². The van der Waals surface area contributed by atoms with Crippen molar-refractivity contribution in [1.29, 1.82) is 0 Å². The Morgan fingerprint density at radius 1 is 1.41 bits per heavy atom. The van der Waals surface area contributed by atoms with E-state index >= 15 is 0 Å². The maximum atomic E-state index is 12.7. The van der Waals surface area contributed by atoms with Crippen LogP contribution in [-0.2, 0) is 6.18 Å². The summed E-state index contributed by atoms with van der Waals surface area (Å²) < 4.78 is 48.2. The molecule has 0 spiro atoms. The summed E-state index contributed by atoms with van der Waals surface area (Å²) in [4.78, 5) is 0. The molecule has 17 heavy (non-hydrogen) atoms. The predicted octanol–water partition coefficient (Wildman–Crippen LogP) is 2.50. The van der Waals surface area contributed by atoms with Gasteiger partial charge in [0.1, 0.15) is 17.1 Å². The van der Waals surface area contributed by atoms with Crippen molar-refractivity contribution < 1.29 is 22.6 Å². The number of fused-ring (bicyclic) bond motifs is 1. The molecule has 2 rings (SSSR count). The minimum Gasteiger partial charge on any atom is -0.496 e. The van der Waals surface area contributed by atoms with E-state index < -0.39 is 11.7 Å². The lowest BCUT2D eigenvalue weighted by Crippen LogP contribution is -2.21. The molecule has 94 valence electrons. The zero-order valence-corrected chi connectivity index (χ0v) is 9.17. The van der Waals surface area contributed by atoms with Crippen molar-refractivity contribution in [2.45, 2.75) is 18.6 Å². The van der Waals surface area contributed by atoms with E-state index in [0.717, 1.165) is 6.07 Å².